The minimum atomic E-state index is -0.154. The summed E-state index contributed by atoms with van der Waals surface area (Å²) in [6, 6.07) is 3.70. The van der Waals surface area contributed by atoms with Crippen LogP contribution in [-0.4, -0.2) is 22.4 Å². The van der Waals surface area contributed by atoms with Crippen molar-refractivity contribution in [2.24, 2.45) is 0 Å². The number of thiophene rings is 1. The lowest BCUT2D eigenvalue weighted by Gasteiger charge is -2.09. The van der Waals surface area contributed by atoms with Gasteiger partial charge in [0, 0.05) is 35.6 Å². The van der Waals surface area contributed by atoms with Crippen molar-refractivity contribution in [2.45, 2.75) is 12.8 Å². The lowest BCUT2D eigenvalue weighted by molar-refractivity contribution is 0.0956. The first-order chi connectivity index (χ1) is 10.2. The van der Waals surface area contributed by atoms with Gasteiger partial charge in [-0.25, -0.2) is 9.97 Å². The average Bonchev–Trinajstić information content (AvgIpc) is 3.13. The number of nitrogens with zero attached hydrogens (tertiary/aromatic N) is 2. The molecule has 0 bridgehead atoms. The Morgan fingerprint density at radius 3 is 3.00 bits per heavy atom. The van der Waals surface area contributed by atoms with Gasteiger partial charge in [-0.05, 0) is 12.1 Å². The van der Waals surface area contributed by atoms with Crippen molar-refractivity contribution in [2.75, 3.05) is 12.3 Å². The zero-order valence-corrected chi connectivity index (χ0v) is 13.0. The lowest BCUT2D eigenvalue weighted by atomic mass is 10.2. The quantitative estimate of drug-likeness (QED) is 0.775. The van der Waals surface area contributed by atoms with Crippen LogP contribution in [0.15, 0.2) is 29.9 Å². The van der Waals surface area contributed by atoms with E-state index in [1.54, 1.807) is 23.7 Å². The first-order valence-corrected chi connectivity index (χ1v) is 8.17. The second-order valence-electron chi connectivity index (χ2n) is 4.68. The largest absolute Gasteiger partial charge is 0.397 e. The number of amides is 1. The molecule has 1 atom stereocenters. The van der Waals surface area contributed by atoms with Crippen LogP contribution in [0, 0.1) is 0 Å². The first-order valence-electron chi connectivity index (χ1n) is 6.47. The van der Waals surface area contributed by atoms with Crippen molar-refractivity contribution < 1.29 is 4.79 Å². The van der Waals surface area contributed by atoms with Gasteiger partial charge in [-0.15, -0.1) is 22.7 Å². The maximum absolute atomic E-state index is 12.3. The zero-order valence-electron chi connectivity index (χ0n) is 11.4. The average molecular weight is 318 g/mol. The van der Waals surface area contributed by atoms with E-state index in [1.165, 1.54) is 11.3 Å². The number of aromatic nitrogens is 2. The number of carbonyl (C=O) groups is 1. The van der Waals surface area contributed by atoms with E-state index in [0.717, 1.165) is 15.2 Å². The molecule has 108 valence electrons. The highest BCUT2D eigenvalue weighted by Crippen LogP contribution is 2.31. The van der Waals surface area contributed by atoms with Crippen LogP contribution in [0.3, 0.4) is 0 Å². The van der Waals surface area contributed by atoms with Gasteiger partial charge in [-0.2, -0.15) is 0 Å². The van der Waals surface area contributed by atoms with Gasteiger partial charge in [-0.1, -0.05) is 6.92 Å². The highest BCUT2D eigenvalue weighted by atomic mass is 32.1. The van der Waals surface area contributed by atoms with Gasteiger partial charge >= 0.3 is 0 Å². The summed E-state index contributed by atoms with van der Waals surface area (Å²) in [7, 11) is 0. The molecule has 3 aromatic heterocycles. The smallest absolute Gasteiger partial charge is 0.263 e. The Morgan fingerprint density at radius 2 is 2.29 bits per heavy atom. The topological polar surface area (TPSA) is 80.9 Å². The third-order valence-corrected chi connectivity index (χ3v) is 5.29. The Bertz CT molecular complexity index is 766. The van der Waals surface area contributed by atoms with Crippen molar-refractivity contribution in [3.05, 3.63) is 39.8 Å². The van der Waals surface area contributed by atoms with Crippen LogP contribution in [0.1, 0.15) is 27.5 Å². The Morgan fingerprint density at radius 1 is 1.43 bits per heavy atom. The molecule has 5 nitrogen and oxygen atoms in total. The highest BCUT2D eigenvalue weighted by molar-refractivity contribution is 7.21. The van der Waals surface area contributed by atoms with Crippen LogP contribution < -0.4 is 11.1 Å². The number of nitrogens with one attached hydrogen (secondary N) is 1. The molecule has 3 aromatic rings. The summed E-state index contributed by atoms with van der Waals surface area (Å²) in [6.45, 7) is 2.57. The number of nitrogens with two attached hydrogens (primary N) is 1. The summed E-state index contributed by atoms with van der Waals surface area (Å²) in [4.78, 5) is 22.1. The summed E-state index contributed by atoms with van der Waals surface area (Å²) in [5, 5.41) is 6.70. The number of anilines is 1. The molecular formula is C14H14N4OS2. The Kier molecular flexibility index (Phi) is 3.85. The molecule has 3 heterocycles. The van der Waals surface area contributed by atoms with Crippen molar-refractivity contribution in [3.8, 4) is 0 Å². The molecule has 21 heavy (non-hydrogen) atoms. The van der Waals surface area contributed by atoms with Gasteiger partial charge in [0.05, 0.1) is 10.7 Å². The molecule has 3 N–H and O–H groups in total. The molecule has 1 unspecified atom stereocenters. The second kappa shape index (κ2) is 5.79. The van der Waals surface area contributed by atoms with E-state index in [0.29, 0.717) is 17.1 Å². The van der Waals surface area contributed by atoms with Gasteiger partial charge < -0.3 is 11.1 Å². The van der Waals surface area contributed by atoms with Crippen molar-refractivity contribution in [1.29, 1.82) is 0 Å². The van der Waals surface area contributed by atoms with Gasteiger partial charge in [0.1, 0.15) is 9.71 Å². The summed E-state index contributed by atoms with van der Waals surface area (Å²) in [6.07, 6.45) is 3.47. The Hall–Kier alpha value is -1.99. The normalized spacial score (nSPS) is 12.4. The number of carbonyl (C=O) groups excluding carboxylic acids is 1. The first kappa shape index (κ1) is 14.0. The molecule has 0 aliphatic rings. The number of pyridine rings is 1. The third kappa shape index (κ3) is 2.74. The summed E-state index contributed by atoms with van der Waals surface area (Å²) in [5.74, 6) is 0.0292. The van der Waals surface area contributed by atoms with Crippen molar-refractivity contribution in [1.82, 2.24) is 15.3 Å². The molecule has 0 saturated carbocycles. The van der Waals surface area contributed by atoms with E-state index in [1.807, 2.05) is 24.4 Å². The van der Waals surface area contributed by atoms with E-state index in [4.69, 9.17) is 5.73 Å². The predicted octanol–water partition coefficient (Wildman–Crippen LogP) is 2.87. The van der Waals surface area contributed by atoms with Gasteiger partial charge in [0.15, 0.2) is 0 Å². The highest BCUT2D eigenvalue weighted by Gasteiger charge is 2.18. The zero-order chi connectivity index (χ0) is 14.8. The molecule has 1 amide bonds. The molecule has 0 saturated heterocycles. The monoisotopic (exact) mass is 318 g/mol. The number of fused-ring (bicyclic) bond motifs is 1. The van der Waals surface area contributed by atoms with Crippen LogP contribution in [0.4, 0.5) is 5.69 Å². The number of rotatable bonds is 4. The van der Waals surface area contributed by atoms with E-state index in [9.17, 15) is 4.79 Å². The Labute approximate surface area is 129 Å². The molecule has 3 rings (SSSR count). The molecule has 0 spiro atoms. The molecule has 0 aliphatic carbocycles. The number of nitrogen functional groups attached to an aromatic ring is 1. The fraction of sp³-hybridized carbons (Fsp3) is 0.214. The molecule has 0 fully saturated rings. The second-order valence-corrected chi connectivity index (χ2v) is 6.61. The molecule has 7 heteroatoms. The van der Waals surface area contributed by atoms with Gasteiger partial charge in [0.2, 0.25) is 0 Å². The van der Waals surface area contributed by atoms with Gasteiger partial charge in [-0.3, -0.25) is 4.79 Å². The van der Waals surface area contributed by atoms with Crippen LogP contribution in [0.5, 0.6) is 0 Å². The van der Waals surface area contributed by atoms with Crippen LogP contribution in [-0.2, 0) is 0 Å². The SMILES string of the molecule is CC(CNC(=O)c1sc2ncccc2c1N)c1nccs1. The van der Waals surface area contributed by atoms with Crippen LogP contribution in [0.2, 0.25) is 0 Å². The molecule has 0 aromatic carbocycles. The van der Waals surface area contributed by atoms with Crippen molar-refractivity contribution >= 4 is 44.5 Å². The maximum atomic E-state index is 12.3. The molecular weight excluding hydrogens is 304 g/mol. The van der Waals surface area contributed by atoms with Crippen LogP contribution in [0.25, 0.3) is 10.2 Å². The fourth-order valence-corrected chi connectivity index (χ4v) is 3.69. The summed E-state index contributed by atoms with van der Waals surface area (Å²) < 4.78 is 0. The predicted molar refractivity (Wildman–Crippen MR) is 86.9 cm³/mol. The standard InChI is InChI=1S/C14H14N4OS2/c1-8(13-17-5-6-20-13)7-18-12(19)11-10(15)9-3-2-4-16-14(9)21-11/h2-6,8H,7,15H2,1H3,(H,18,19). The van der Waals surface area contributed by atoms with E-state index < -0.39 is 0 Å². The van der Waals surface area contributed by atoms with E-state index in [2.05, 4.69) is 15.3 Å². The maximum Gasteiger partial charge on any atom is 0.263 e. The minimum Gasteiger partial charge on any atom is -0.397 e. The van der Waals surface area contributed by atoms with E-state index in [-0.39, 0.29) is 11.8 Å². The number of thiazole rings is 1. The van der Waals surface area contributed by atoms with Gasteiger partial charge in [0.25, 0.3) is 5.91 Å². The minimum absolute atomic E-state index is 0.154. The molecule has 0 radical (unpaired) electrons. The fourth-order valence-electron chi connectivity index (χ4n) is 2.01. The summed E-state index contributed by atoms with van der Waals surface area (Å²) in [5.41, 5.74) is 6.54. The number of hydrogen-bond donors (Lipinski definition) is 2. The summed E-state index contributed by atoms with van der Waals surface area (Å²) >= 11 is 2.91. The Balaban J connectivity index is 1.74. The van der Waals surface area contributed by atoms with E-state index >= 15 is 0 Å². The third-order valence-electron chi connectivity index (χ3n) is 3.15. The number of hydrogen-bond acceptors (Lipinski definition) is 6. The van der Waals surface area contributed by atoms with Crippen LogP contribution >= 0.6 is 22.7 Å². The lowest BCUT2D eigenvalue weighted by Crippen LogP contribution is -2.27. The molecule has 0 aliphatic heterocycles. The van der Waals surface area contributed by atoms with Crippen molar-refractivity contribution in [3.63, 3.8) is 0 Å².